The molecule has 0 aromatic carbocycles. The van der Waals surface area contributed by atoms with E-state index >= 15 is 0 Å². The molecular formula is C14H14N6S. The van der Waals surface area contributed by atoms with Gasteiger partial charge < -0.3 is 10.6 Å². The number of fused-ring (bicyclic) bond motifs is 1. The smallest absolute Gasteiger partial charge is 0.182 e. The van der Waals surface area contributed by atoms with Gasteiger partial charge >= 0.3 is 0 Å². The molecule has 1 aliphatic heterocycles. The van der Waals surface area contributed by atoms with Gasteiger partial charge in [-0.25, -0.2) is 15.0 Å². The Bertz CT molecular complexity index is 771. The van der Waals surface area contributed by atoms with Gasteiger partial charge in [-0.2, -0.15) is 0 Å². The molecule has 1 unspecified atom stereocenters. The van der Waals surface area contributed by atoms with E-state index in [2.05, 4.69) is 37.0 Å². The Morgan fingerprint density at radius 2 is 2.19 bits per heavy atom. The average Bonchev–Trinajstić information content (AvgIpc) is 3.12. The number of hydrogen-bond donors (Lipinski definition) is 1. The predicted molar refractivity (Wildman–Crippen MR) is 83.4 cm³/mol. The second-order valence-corrected chi connectivity index (χ2v) is 6.17. The lowest BCUT2D eigenvalue weighted by Gasteiger charge is -2.16. The minimum atomic E-state index is 0.402. The van der Waals surface area contributed by atoms with Crippen LogP contribution in [0.1, 0.15) is 18.0 Å². The maximum absolute atomic E-state index is 5.74. The van der Waals surface area contributed by atoms with E-state index in [4.69, 9.17) is 5.73 Å². The summed E-state index contributed by atoms with van der Waals surface area (Å²) >= 11 is 1.48. The summed E-state index contributed by atoms with van der Waals surface area (Å²) in [6, 6.07) is 4.15. The van der Waals surface area contributed by atoms with Gasteiger partial charge in [-0.15, -0.1) is 0 Å². The molecular weight excluding hydrogens is 284 g/mol. The number of nitrogen functional groups attached to an aromatic ring is 1. The van der Waals surface area contributed by atoms with E-state index in [1.807, 2.05) is 0 Å². The fourth-order valence-electron chi connectivity index (χ4n) is 2.74. The van der Waals surface area contributed by atoms with Gasteiger partial charge in [0.05, 0.1) is 10.9 Å². The molecule has 0 saturated carbocycles. The lowest BCUT2D eigenvalue weighted by molar-refractivity contribution is 0.747. The van der Waals surface area contributed by atoms with E-state index in [-0.39, 0.29) is 0 Å². The van der Waals surface area contributed by atoms with Crippen LogP contribution in [0.15, 0.2) is 30.7 Å². The number of nitrogens with two attached hydrogens (primary N) is 1. The Morgan fingerprint density at radius 1 is 1.24 bits per heavy atom. The first-order valence-electron chi connectivity index (χ1n) is 6.83. The van der Waals surface area contributed by atoms with E-state index < -0.39 is 0 Å². The molecule has 3 aromatic heterocycles. The van der Waals surface area contributed by atoms with Crippen LogP contribution in [0, 0.1) is 0 Å². The lowest BCUT2D eigenvalue weighted by Crippen LogP contribution is -2.20. The Balaban J connectivity index is 1.59. The second kappa shape index (κ2) is 4.92. The number of anilines is 2. The minimum absolute atomic E-state index is 0.402. The highest BCUT2D eigenvalue weighted by Crippen LogP contribution is 2.30. The van der Waals surface area contributed by atoms with Crippen molar-refractivity contribution in [2.75, 3.05) is 23.7 Å². The van der Waals surface area contributed by atoms with Crippen molar-refractivity contribution in [2.45, 2.75) is 12.3 Å². The monoisotopic (exact) mass is 298 g/mol. The number of aromatic nitrogens is 4. The molecule has 2 N–H and O–H groups in total. The molecule has 1 atom stereocenters. The third-order valence-corrected chi connectivity index (χ3v) is 4.61. The SMILES string of the molecule is Nc1nc2nc(C3CCN(c4cnccn4)C3)ccc2s1. The fourth-order valence-corrected chi connectivity index (χ4v) is 3.42. The molecule has 21 heavy (non-hydrogen) atoms. The van der Waals surface area contributed by atoms with Gasteiger partial charge in [0.15, 0.2) is 10.8 Å². The van der Waals surface area contributed by atoms with Crippen molar-refractivity contribution < 1.29 is 0 Å². The molecule has 0 bridgehead atoms. The summed E-state index contributed by atoms with van der Waals surface area (Å²) in [5.41, 5.74) is 7.58. The minimum Gasteiger partial charge on any atom is -0.375 e. The highest BCUT2D eigenvalue weighted by Gasteiger charge is 2.26. The van der Waals surface area contributed by atoms with Crippen LogP contribution in [0.3, 0.4) is 0 Å². The Labute approximate surface area is 125 Å². The third kappa shape index (κ3) is 2.29. The second-order valence-electron chi connectivity index (χ2n) is 5.11. The molecule has 0 radical (unpaired) electrons. The maximum Gasteiger partial charge on any atom is 0.182 e. The standard InChI is InChI=1S/C14H14N6S/c15-14-19-13-11(21-14)2-1-10(18-13)9-3-6-20(8-9)12-7-16-4-5-17-12/h1-2,4-5,7,9H,3,6,8H2,(H2,15,18,19). The zero-order valence-corrected chi connectivity index (χ0v) is 12.1. The highest BCUT2D eigenvalue weighted by molar-refractivity contribution is 7.21. The molecule has 0 amide bonds. The summed E-state index contributed by atoms with van der Waals surface area (Å²) in [4.78, 5) is 19.7. The number of rotatable bonds is 2. The molecule has 6 nitrogen and oxygen atoms in total. The van der Waals surface area contributed by atoms with Crippen LogP contribution in [0.4, 0.5) is 10.9 Å². The van der Waals surface area contributed by atoms with Crippen LogP contribution in [0.25, 0.3) is 10.3 Å². The first-order chi connectivity index (χ1) is 10.3. The van der Waals surface area contributed by atoms with E-state index in [9.17, 15) is 0 Å². The summed E-state index contributed by atoms with van der Waals surface area (Å²) in [7, 11) is 0. The molecule has 4 rings (SSSR count). The number of hydrogen-bond acceptors (Lipinski definition) is 7. The maximum atomic E-state index is 5.74. The molecule has 1 aliphatic rings. The van der Waals surface area contributed by atoms with E-state index in [1.54, 1.807) is 18.6 Å². The van der Waals surface area contributed by atoms with Gasteiger partial charge in [0.1, 0.15) is 5.82 Å². The van der Waals surface area contributed by atoms with Crippen molar-refractivity contribution in [3.05, 3.63) is 36.4 Å². The summed E-state index contributed by atoms with van der Waals surface area (Å²) < 4.78 is 1.04. The normalized spacial score (nSPS) is 18.5. The fraction of sp³-hybridized carbons (Fsp3) is 0.286. The molecule has 4 heterocycles. The number of thiazole rings is 1. The number of nitrogens with zero attached hydrogens (tertiary/aromatic N) is 5. The highest BCUT2D eigenvalue weighted by atomic mass is 32.1. The molecule has 106 valence electrons. The molecule has 1 saturated heterocycles. The van der Waals surface area contributed by atoms with Gasteiger partial charge in [0.25, 0.3) is 0 Å². The van der Waals surface area contributed by atoms with Gasteiger partial charge in [0, 0.05) is 37.1 Å². The Morgan fingerprint density at radius 3 is 3.05 bits per heavy atom. The Hall–Kier alpha value is -2.28. The molecule has 0 spiro atoms. The largest absolute Gasteiger partial charge is 0.375 e. The zero-order valence-electron chi connectivity index (χ0n) is 11.3. The molecule has 1 fully saturated rings. The quantitative estimate of drug-likeness (QED) is 0.780. The summed E-state index contributed by atoms with van der Waals surface area (Å²) in [6.45, 7) is 1.89. The van der Waals surface area contributed by atoms with Crippen LogP contribution >= 0.6 is 11.3 Å². The summed E-state index contributed by atoms with van der Waals surface area (Å²) in [5.74, 6) is 1.33. The first-order valence-corrected chi connectivity index (χ1v) is 7.65. The van der Waals surface area contributed by atoms with E-state index in [0.717, 1.165) is 41.4 Å². The Kier molecular flexibility index (Phi) is 2.92. The van der Waals surface area contributed by atoms with Crippen molar-refractivity contribution in [1.29, 1.82) is 0 Å². The number of pyridine rings is 1. The van der Waals surface area contributed by atoms with Crippen molar-refractivity contribution in [1.82, 2.24) is 19.9 Å². The predicted octanol–water partition coefficient (Wildman–Crippen LogP) is 2.06. The van der Waals surface area contributed by atoms with Crippen LogP contribution in [-0.2, 0) is 0 Å². The van der Waals surface area contributed by atoms with Crippen LogP contribution in [0.2, 0.25) is 0 Å². The summed E-state index contributed by atoms with van der Waals surface area (Å²) in [5, 5.41) is 0.572. The van der Waals surface area contributed by atoms with Crippen molar-refractivity contribution in [3.8, 4) is 0 Å². The van der Waals surface area contributed by atoms with Gasteiger partial charge in [0.2, 0.25) is 0 Å². The lowest BCUT2D eigenvalue weighted by atomic mass is 10.0. The molecule has 3 aromatic rings. The molecule has 0 aliphatic carbocycles. The van der Waals surface area contributed by atoms with Crippen LogP contribution in [-0.4, -0.2) is 33.0 Å². The van der Waals surface area contributed by atoms with Crippen LogP contribution < -0.4 is 10.6 Å². The zero-order chi connectivity index (χ0) is 14.2. The average molecular weight is 298 g/mol. The summed E-state index contributed by atoms with van der Waals surface area (Å²) in [6.07, 6.45) is 6.29. The topological polar surface area (TPSA) is 80.8 Å². The first kappa shape index (κ1) is 12.5. The van der Waals surface area contributed by atoms with Crippen LogP contribution in [0.5, 0.6) is 0 Å². The van der Waals surface area contributed by atoms with Crippen molar-refractivity contribution in [3.63, 3.8) is 0 Å². The molecule has 7 heteroatoms. The van der Waals surface area contributed by atoms with Crippen molar-refractivity contribution in [2.24, 2.45) is 0 Å². The van der Waals surface area contributed by atoms with Gasteiger partial charge in [-0.1, -0.05) is 11.3 Å². The van der Waals surface area contributed by atoms with Crippen molar-refractivity contribution >= 4 is 32.6 Å². The van der Waals surface area contributed by atoms with E-state index in [0.29, 0.717) is 11.0 Å². The van der Waals surface area contributed by atoms with Gasteiger partial charge in [-0.3, -0.25) is 4.98 Å². The van der Waals surface area contributed by atoms with Gasteiger partial charge in [-0.05, 0) is 18.6 Å². The van der Waals surface area contributed by atoms with E-state index in [1.165, 1.54) is 11.3 Å². The third-order valence-electron chi connectivity index (χ3n) is 3.77.